The van der Waals surface area contributed by atoms with Gasteiger partial charge in [-0.05, 0) is 4.33 Å². The van der Waals surface area contributed by atoms with Gasteiger partial charge in [-0.2, -0.15) is 8.42 Å². The normalized spacial score (nSPS) is 10.9. The third kappa shape index (κ3) is 6.30. The second kappa shape index (κ2) is 5.49. The third-order valence-corrected chi connectivity index (χ3v) is 1.47. The molecular weight excluding hydrogens is 224 g/mol. The van der Waals surface area contributed by atoms with Crippen molar-refractivity contribution < 1.29 is 41.9 Å². The van der Waals surface area contributed by atoms with Crippen LogP contribution in [0.4, 0.5) is 0 Å². The SMILES string of the molecule is O=C(O)CCC(=O)OS(=O)(=O)OOO. The Labute approximate surface area is 78.0 Å². The maximum Gasteiger partial charge on any atom is 0.481 e. The fourth-order valence-corrected chi connectivity index (χ4v) is 0.829. The monoisotopic (exact) mass is 230 g/mol. The molecule has 0 fully saturated rings. The number of carboxylic acids is 1. The van der Waals surface area contributed by atoms with E-state index in [1.54, 1.807) is 0 Å². The molecule has 0 rings (SSSR count). The van der Waals surface area contributed by atoms with Gasteiger partial charge in [-0.25, -0.2) is 5.26 Å². The lowest BCUT2D eigenvalue weighted by Gasteiger charge is -2.00. The molecule has 10 heteroatoms. The van der Waals surface area contributed by atoms with Gasteiger partial charge in [0.1, 0.15) is 0 Å². The molecule has 0 saturated carbocycles. The van der Waals surface area contributed by atoms with Crippen molar-refractivity contribution >= 4 is 22.3 Å². The van der Waals surface area contributed by atoms with Crippen LogP contribution in [0.5, 0.6) is 0 Å². The lowest BCUT2D eigenvalue weighted by molar-refractivity contribution is -0.439. The van der Waals surface area contributed by atoms with E-state index in [-0.39, 0.29) is 0 Å². The van der Waals surface area contributed by atoms with E-state index >= 15 is 0 Å². The average Bonchev–Trinajstić information content (AvgIpc) is 1.99. The Balaban J connectivity index is 4.00. The number of carbonyl (C=O) groups is 2. The van der Waals surface area contributed by atoms with E-state index < -0.39 is 35.2 Å². The molecule has 9 nitrogen and oxygen atoms in total. The Morgan fingerprint density at radius 1 is 1.21 bits per heavy atom. The lowest BCUT2D eigenvalue weighted by atomic mass is 10.3. The van der Waals surface area contributed by atoms with Gasteiger partial charge in [-0.3, -0.25) is 9.59 Å². The van der Waals surface area contributed by atoms with Gasteiger partial charge in [0.15, 0.2) is 0 Å². The minimum atomic E-state index is -4.79. The molecule has 0 saturated heterocycles. The summed E-state index contributed by atoms with van der Waals surface area (Å²) < 4.78 is 27.5. The molecule has 0 aromatic rings. The Morgan fingerprint density at radius 3 is 2.21 bits per heavy atom. The van der Waals surface area contributed by atoms with Crippen LogP contribution in [0.15, 0.2) is 0 Å². The summed E-state index contributed by atoms with van der Waals surface area (Å²) in [7, 11) is -4.79. The van der Waals surface area contributed by atoms with Crippen LogP contribution >= 0.6 is 0 Å². The van der Waals surface area contributed by atoms with Crippen molar-refractivity contribution in [1.82, 2.24) is 0 Å². The summed E-state index contributed by atoms with van der Waals surface area (Å²) in [5, 5.41) is 18.4. The number of rotatable bonds is 6. The maximum atomic E-state index is 10.6. The molecular formula is C4H6O9S. The first-order chi connectivity index (χ1) is 6.37. The molecule has 0 heterocycles. The Kier molecular flexibility index (Phi) is 5.01. The molecule has 14 heavy (non-hydrogen) atoms. The predicted octanol–water partition coefficient (Wildman–Crippen LogP) is -0.940. The molecule has 82 valence electrons. The predicted molar refractivity (Wildman–Crippen MR) is 36.7 cm³/mol. The Morgan fingerprint density at radius 2 is 1.79 bits per heavy atom. The van der Waals surface area contributed by atoms with Crippen LogP contribution in [0.25, 0.3) is 0 Å². The van der Waals surface area contributed by atoms with Gasteiger partial charge in [0, 0.05) is 0 Å². The number of carbonyl (C=O) groups excluding carboxylic acids is 1. The number of hydrogen-bond donors (Lipinski definition) is 2. The van der Waals surface area contributed by atoms with Gasteiger partial charge in [0.05, 0.1) is 12.8 Å². The average molecular weight is 230 g/mol. The van der Waals surface area contributed by atoms with Crippen molar-refractivity contribution in [3.8, 4) is 0 Å². The molecule has 0 unspecified atom stereocenters. The van der Waals surface area contributed by atoms with E-state index in [0.29, 0.717) is 0 Å². The minimum absolute atomic E-state index is 0.589. The highest BCUT2D eigenvalue weighted by Crippen LogP contribution is 2.00. The largest absolute Gasteiger partial charge is 0.481 e. The maximum absolute atomic E-state index is 10.6. The zero-order valence-corrected chi connectivity index (χ0v) is 7.39. The van der Waals surface area contributed by atoms with E-state index in [1.165, 1.54) is 0 Å². The summed E-state index contributed by atoms with van der Waals surface area (Å²) in [4.78, 5) is 20.5. The van der Waals surface area contributed by atoms with Crippen LogP contribution in [0.1, 0.15) is 12.8 Å². The topological polar surface area (TPSA) is 136 Å². The van der Waals surface area contributed by atoms with Gasteiger partial charge >= 0.3 is 22.3 Å². The Hall–Kier alpha value is -1.23. The van der Waals surface area contributed by atoms with Crippen molar-refractivity contribution in [3.63, 3.8) is 0 Å². The van der Waals surface area contributed by atoms with E-state index in [1.807, 2.05) is 0 Å². The highest BCUT2D eigenvalue weighted by atomic mass is 32.3. The van der Waals surface area contributed by atoms with E-state index in [9.17, 15) is 18.0 Å². The van der Waals surface area contributed by atoms with Crippen molar-refractivity contribution in [2.75, 3.05) is 0 Å². The van der Waals surface area contributed by atoms with E-state index in [4.69, 9.17) is 10.4 Å². The summed E-state index contributed by atoms with van der Waals surface area (Å²) in [5.41, 5.74) is 0. The van der Waals surface area contributed by atoms with E-state index in [0.717, 1.165) is 0 Å². The fourth-order valence-electron chi connectivity index (χ4n) is 0.416. The fraction of sp³-hybridized carbons (Fsp3) is 0.500. The molecule has 0 radical (unpaired) electrons. The summed E-state index contributed by atoms with van der Waals surface area (Å²) >= 11 is 0. The second-order valence-electron chi connectivity index (χ2n) is 1.90. The molecule has 0 bridgehead atoms. The first-order valence-electron chi connectivity index (χ1n) is 3.06. The van der Waals surface area contributed by atoms with Gasteiger partial charge < -0.3 is 9.29 Å². The van der Waals surface area contributed by atoms with Crippen molar-refractivity contribution in [2.45, 2.75) is 12.8 Å². The van der Waals surface area contributed by atoms with Gasteiger partial charge in [-0.15, -0.1) is 0 Å². The van der Waals surface area contributed by atoms with Gasteiger partial charge in [0.25, 0.3) is 0 Å². The summed E-state index contributed by atoms with van der Waals surface area (Å²) in [6.45, 7) is 0. The van der Waals surface area contributed by atoms with Crippen LogP contribution in [0.2, 0.25) is 0 Å². The van der Waals surface area contributed by atoms with Crippen molar-refractivity contribution in [3.05, 3.63) is 0 Å². The van der Waals surface area contributed by atoms with Crippen molar-refractivity contribution in [2.24, 2.45) is 0 Å². The highest BCUT2D eigenvalue weighted by molar-refractivity contribution is 7.82. The zero-order valence-electron chi connectivity index (χ0n) is 6.57. The molecule has 0 amide bonds. The van der Waals surface area contributed by atoms with Crippen LogP contribution in [0.3, 0.4) is 0 Å². The summed E-state index contributed by atoms with van der Waals surface area (Å²) in [5.74, 6) is -2.64. The lowest BCUT2D eigenvalue weighted by Crippen LogP contribution is -2.16. The first-order valence-corrected chi connectivity index (χ1v) is 4.39. The van der Waals surface area contributed by atoms with Gasteiger partial charge in [-0.1, -0.05) is 5.04 Å². The quantitative estimate of drug-likeness (QED) is 0.437. The standard InChI is InChI=1S/C4H6O9S/c5-3(6)1-2-4(7)11-14(9,10)13-12-8/h8H,1-2H2,(H,5,6). The second-order valence-corrected chi connectivity index (χ2v) is 3.02. The molecule has 0 atom stereocenters. The molecule has 2 N–H and O–H groups in total. The number of aliphatic carboxylic acids is 1. The third-order valence-electron chi connectivity index (χ3n) is 0.852. The molecule has 0 aromatic carbocycles. The molecule has 0 spiro atoms. The first kappa shape index (κ1) is 12.8. The molecule has 0 aliphatic rings. The zero-order chi connectivity index (χ0) is 11.2. The van der Waals surface area contributed by atoms with Crippen LogP contribution in [-0.4, -0.2) is 30.7 Å². The van der Waals surface area contributed by atoms with Gasteiger partial charge in [0.2, 0.25) is 0 Å². The minimum Gasteiger partial charge on any atom is -0.481 e. The summed E-state index contributed by atoms with van der Waals surface area (Å²) in [6, 6.07) is 0. The van der Waals surface area contributed by atoms with E-state index in [2.05, 4.69) is 13.6 Å². The molecule has 0 aliphatic carbocycles. The molecule has 0 aliphatic heterocycles. The number of hydrogen-bond acceptors (Lipinski definition) is 8. The molecule has 0 aromatic heterocycles. The smallest absolute Gasteiger partial charge is 0.481 e. The Bertz CT molecular complexity index is 303. The van der Waals surface area contributed by atoms with Crippen molar-refractivity contribution in [1.29, 1.82) is 0 Å². The van der Waals surface area contributed by atoms with Crippen LogP contribution in [-0.2, 0) is 33.5 Å². The summed E-state index contributed by atoms with van der Waals surface area (Å²) in [6.07, 6.45) is -1.24. The van der Waals surface area contributed by atoms with Crippen LogP contribution < -0.4 is 0 Å². The highest BCUT2D eigenvalue weighted by Gasteiger charge is 2.20. The number of carboxylic acid groups (broad SMARTS) is 1. The van der Waals surface area contributed by atoms with Crippen LogP contribution in [0, 0.1) is 0 Å².